The number of rotatable bonds is 3. The first-order valence-electron chi connectivity index (χ1n) is 6.40. The van der Waals surface area contributed by atoms with Gasteiger partial charge in [-0.05, 0) is 30.5 Å². The Morgan fingerprint density at radius 1 is 1.45 bits per heavy atom. The number of amides is 1. The summed E-state index contributed by atoms with van der Waals surface area (Å²) in [5, 5.41) is 0. The van der Waals surface area contributed by atoms with E-state index in [1.807, 2.05) is 18.2 Å². The van der Waals surface area contributed by atoms with Gasteiger partial charge in [-0.15, -0.1) is 11.3 Å². The molecule has 5 nitrogen and oxygen atoms in total. The normalized spacial score (nSPS) is 14.2. The molecule has 20 heavy (non-hydrogen) atoms. The number of benzene rings is 1. The molecule has 1 heterocycles. The molecule has 104 valence electrons. The molecule has 2 aromatic rings. The predicted molar refractivity (Wildman–Crippen MR) is 75.2 cm³/mol. The van der Waals surface area contributed by atoms with E-state index in [1.165, 1.54) is 7.11 Å². The average molecular weight is 290 g/mol. The Balaban J connectivity index is 1.82. The second-order valence-electron chi connectivity index (χ2n) is 4.81. The first kappa shape index (κ1) is 13.1. The van der Waals surface area contributed by atoms with E-state index in [0.717, 1.165) is 28.6 Å². The number of hydrogen-bond acceptors (Lipinski definition) is 5. The van der Waals surface area contributed by atoms with Gasteiger partial charge in [-0.25, -0.2) is 9.78 Å². The van der Waals surface area contributed by atoms with Crippen molar-refractivity contribution in [3.8, 4) is 0 Å². The largest absolute Gasteiger partial charge is 0.462 e. The number of fused-ring (bicyclic) bond motifs is 1. The van der Waals surface area contributed by atoms with Gasteiger partial charge in [-0.2, -0.15) is 0 Å². The number of thiazole rings is 1. The summed E-state index contributed by atoms with van der Waals surface area (Å²) in [6, 6.07) is 6.09. The van der Waals surface area contributed by atoms with Gasteiger partial charge in [-0.3, -0.25) is 4.79 Å². The number of esters is 1. The Kier molecular flexibility index (Phi) is 3.40. The first-order chi connectivity index (χ1) is 9.69. The number of aromatic nitrogens is 1. The molecule has 3 rings (SSSR count). The molecule has 0 aliphatic heterocycles. The summed E-state index contributed by atoms with van der Waals surface area (Å²) in [6.45, 7) is 0.423. The molecule has 1 amide bonds. The van der Waals surface area contributed by atoms with Gasteiger partial charge in [0.15, 0.2) is 0 Å². The van der Waals surface area contributed by atoms with Crippen molar-refractivity contribution in [2.24, 2.45) is 0 Å². The van der Waals surface area contributed by atoms with E-state index < -0.39 is 11.9 Å². The zero-order chi connectivity index (χ0) is 14.1. The van der Waals surface area contributed by atoms with E-state index in [2.05, 4.69) is 9.72 Å². The molecule has 1 saturated carbocycles. The second-order valence-corrected chi connectivity index (χ2v) is 5.70. The zero-order valence-corrected chi connectivity index (χ0v) is 11.9. The molecular formula is C14H14N2O3S. The van der Waals surface area contributed by atoms with Crippen molar-refractivity contribution in [1.29, 1.82) is 0 Å². The lowest BCUT2D eigenvalue weighted by molar-refractivity contribution is -0.158. The quantitative estimate of drug-likeness (QED) is 0.640. The molecule has 1 aliphatic carbocycles. The maximum atomic E-state index is 12.0. The highest BCUT2D eigenvalue weighted by Crippen LogP contribution is 2.29. The van der Waals surface area contributed by atoms with Crippen LogP contribution in [0.25, 0.3) is 10.2 Å². The van der Waals surface area contributed by atoms with Gasteiger partial charge in [0.05, 0.1) is 22.8 Å². The maximum absolute atomic E-state index is 12.0. The predicted octanol–water partition coefficient (Wildman–Crippen LogP) is 1.96. The average Bonchev–Trinajstić information content (AvgIpc) is 3.20. The van der Waals surface area contributed by atoms with Gasteiger partial charge in [0.1, 0.15) is 0 Å². The van der Waals surface area contributed by atoms with Crippen LogP contribution in [0.2, 0.25) is 0 Å². The number of ether oxygens (including phenoxy) is 1. The van der Waals surface area contributed by atoms with Crippen LogP contribution >= 0.6 is 11.3 Å². The van der Waals surface area contributed by atoms with Crippen molar-refractivity contribution in [2.45, 2.75) is 25.4 Å². The summed E-state index contributed by atoms with van der Waals surface area (Å²) in [5.74, 6) is -1.36. The van der Waals surface area contributed by atoms with Crippen LogP contribution in [0, 0.1) is 0 Å². The molecule has 1 aromatic carbocycles. The molecule has 0 N–H and O–H groups in total. The third-order valence-corrected chi connectivity index (χ3v) is 4.17. The fraction of sp³-hybridized carbons (Fsp3) is 0.357. The summed E-state index contributed by atoms with van der Waals surface area (Å²) in [4.78, 5) is 29.3. The van der Waals surface area contributed by atoms with Gasteiger partial charge in [0, 0.05) is 12.6 Å². The molecule has 1 fully saturated rings. The minimum absolute atomic E-state index is 0.160. The van der Waals surface area contributed by atoms with Crippen molar-refractivity contribution >= 4 is 33.4 Å². The smallest absolute Gasteiger partial charge is 0.396 e. The molecule has 0 spiro atoms. The van der Waals surface area contributed by atoms with E-state index in [-0.39, 0.29) is 6.04 Å². The topological polar surface area (TPSA) is 59.5 Å². The van der Waals surface area contributed by atoms with E-state index in [0.29, 0.717) is 6.54 Å². The number of nitrogens with zero attached hydrogens (tertiary/aromatic N) is 2. The molecule has 1 aromatic heterocycles. The minimum atomic E-state index is -0.799. The molecule has 0 saturated heterocycles. The van der Waals surface area contributed by atoms with Gasteiger partial charge in [-0.1, -0.05) is 6.07 Å². The number of methoxy groups -OCH3 is 1. The standard InChI is InChI=1S/C14H14N2O3S/c1-19-14(18)13(17)16(10-3-4-10)7-9-2-5-12-11(6-9)15-8-20-12/h2,5-6,8,10H,3-4,7H2,1H3. The summed E-state index contributed by atoms with van der Waals surface area (Å²) in [6.07, 6.45) is 1.89. The number of hydrogen-bond donors (Lipinski definition) is 0. The lowest BCUT2D eigenvalue weighted by Gasteiger charge is -2.21. The fourth-order valence-corrected chi connectivity index (χ4v) is 2.81. The lowest BCUT2D eigenvalue weighted by Crippen LogP contribution is -2.38. The van der Waals surface area contributed by atoms with Crippen LogP contribution in [0.1, 0.15) is 18.4 Å². The Morgan fingerprint density at radius 2 is 2.25 bits per heavy atom. The molecule has 0 radical (unpaired) electrons. The second kappa shape index (κ2) is 5.20. The number of carbonyl (C=O) groups is 2. The zero-order valence-electron chi connectivity index (χ0n) is 11.0. The Bertz CT molecular complexity index is 663. The Morgan fingerprint density at radius 3 is 2.95 bits per heavy atom. The lowest BCUT2D eigenvalue weighted by atomic mass is 10.2. The van der Waals surface area contributed by atoms with Crippen LogP contribution in [-0.2, 0) is 20.9 Å². The highest BCUT2D eigenvalue weighted by Gasteiger charge is 2.36. The van der Waals surface area contributed by atoms with Gasteiger partial charge >= 0.3 is 11.9 Å². The van der Waals surface area contributed by atoms with Gasteiger partial charge in [0.25, 0.3) is 0 Å². The molecule has 1 aliphatic rings. The van der Waals surface area contributed by atoms with Crippen LogP contribution in [0.15, 0.2) is 23.7 Å². The summed E-state index contributed by atoms with van der Waals surface area (Å²) in [5.41, 5.74) is 3.70. The van der Waals surface area contributed by atoms with Gasteiger partial charge < -0.3 is 9.64 Å². The highest BCUT2D eigenvalue weighted by atomic mass is 32.1. The molecule has 0 bridgehead atoms. The van der Waals surface area contributed by atoms with E-state index in [4.69, 9.17) is 0 Å². The summed E-state index contributed by atoms with van der Waals surface area (Å²) < 4.78 is 5.64. The van der Waals surface area contributed by atoms with E-state index in [9.17, 15) is 9.59 Å². The Labute approximate surface area is 120 Å². The van der Waals surface area contributed by atoms with Gasteiger partial charge in [0.2, 0.25) is 0 Å². The molecule has 6 heteroatoms. The van der Waals surface area contributed by atoms with Crippen LogP contribution in [-0.4, -0.2) is 34.9 Å². The van der Waals surface area contributed by atoms with Crippen molar-refractivity contribution in [3.05, 3.63) is 29.3 Å². The van der Waals surface area contributed by atoms with Crippen LogP contribution in [0.4, 0.5) is 0 Å². The molecule has 0 unspecified atom stereocenters. The van der Waals surface area contributed by atoms with Crippen molar-refractivity contribution in [1.82, 2.24) is 9.88 Å². The summed E-state index contributed by atoms with van der Waals surface area (Å²) in [7, 11) is 1.23. The molecule has 0 atom stereocenters. The highest BCUT2D eigenvalue weighted by molar-refractivity contribution is 7.16. The maximum Gasteiger partial charge on any atom is 0.396 e. The Hall–Kier alpha value is -1.95. The fourth-order valence-electron chi connectivity index (χ4n) is 2.16. The summed E-state index contributed by atoms with van der Waals surface area (Å²) >= 11 is 1.58. The number of carbonyl (C=O) groups excluding carboxylic acids is 2. The van der Waals surface area contributed by atoms with Crippen molar-refractivity contribution in [3.63, 3.8) is 0 Å². The van der Waals surface area contributed by atoms with E-state index >= 15 is 0 Å². The molecular weight excluding hydrogens is 276 g/mol. The van der Waals surface area contributed by atoms with Crippen molar-refractivity contribution in [2.75, 3.05) is 7.11 Å². The first-order valence-corrected chi connectivity index (χ1v) is 7.28. The SMILES string of the molecule is COC(=O)C(=O)N(Cc1ccc2scnc2c1)C1CC1. The minimum Gasteiger partial charge on any atom is -0.462 e. The third-order valence-electron chi connectivity index (χ3n) is 3.36. The van der Waals surface area contributed by atoms with Crippen LogP contribution < -0.4 is 0 Å². The third kappa shape index (κ3) is 2.51. The van der Waals surface area contributed by atoms with E-state index in [1.54, 1.807) is 21.7 Å². The van der Waals surface area contributed by atoms with Crippen LogP contribution in [0.3, 0.4) is 0 Å². The van der Waals surface area contributed by atoms with Crippen molar-refractivity contribution < 1.29 is 14.3 Å². The van der Waals surface area contributed by atoms with Crippen LogP contribution in [0.5, 0.6) is 0 Å². The monoisotopic (exact) mass is 290 g/mol.